The van der Waals surface area contributed by atoms with E-state index in [1.54, 1.807) is 6.07 Å². The van der Waals surface area contributed by atoms with Crippen molar-refractivity contribution >= 4 is 16.6 Å². The number of para-hydroxylation sites is 1. The van der Waals surface area contributed by atoms with E-state index in [0.717, 1.165) is 50.0 Å². The number of hydrogen-bond donors (Lipinski definition) is 1. The van der Waals surface area contributed by atoms with Crippen LogP contribution in [-0.4, -0.2) is 42.6 Å². The Morgan fingerprint density at radius 1 is 0.903 bits per heavy atom. The molecule has 0 radical (unpaired) electrons. The molecule has 0 aliphatic carbocycles. The van der Waals surface area contributed by atoms with Gasteiger partial charge >= 0.3 is 0 Å². The fraction of sp³-hybridized carbons (Fsp3) is 0.259. The SMILES string of the molecule is Cc1cccc(-c2ccccc2N2CCN(CCc3c[nH]c4ccc(F)cc34)CC2)c1. The zero-order chi connectivity index (χ0) is 21.2. The van der Waals surface area contributed by atoms with Crippen LogP contribution in [0.2, 0.25) is 0 Å². The van der Waals surface area contributed by atoms with Gasteiger partial charge < -0.3 is 9.88 Å². The summed E-state index contributed by atoms with van der Waals surface area (Å²) in [6.45, 7) is 7.26. The van der Waals surface area contributed by atoms with Crippen LogP contribution in [0.15, 0.2) is 72.9 Å². The number of aromatic nitrogens is 1. The third kappa shape index (κ3) is 4.21. The van der Waals surface area contributed by atoms with Crippen LogP contribution < -0.4 is 4.90 Å². The van der Waals surface area contributed by atoms with Gasteiger partial charge in [-0.2, -0.15) is 0 Å². The lowest BCUT2D eigenvalue weighted by molar-refractivity contribution is 0.261. The Labute approximate surface area is 183 Å². The predicted octanol–water partition coefficient (Wildman–Crippen LogP) is 5.65. The van der Waals surface area contributed by atoms with Gasteiger partial charge in [0.25, 0.3) is 0 Å². The molecule has 0 saturated carbocycles. The summed E-state index contributed by atoms with van der Waals surface area (Å²) in [5.74, 6) is -0.172. The van der Waals surface area contributed by atoms with E-state index in [-0.39, 0.29) is 5.82 Å². The molecular formula is C27H28FN3. The number of hydrogen-bond acceptors (Lipinski definition) is 2. The van der Waals surface area contributed by atoms with E-state index in [2.05, 4.69) is 70.2 Å². The van der Waals surface area contributed by atoms with Gasteiger partial charge in [-0.25, -0.2) is 4.39 Å². The number of benzene rings is 3. The lowest BCUT2D eigenvalue weighted by Gasteiger charge is -2.37. The van der Waals surface area contributed by atoms with Crippen molar-refractivity contribution in [2.24, 2.45) is 0 Å². The van der Waals surface area contributed by atoms with Gasteiger partial charge in [-0.1, -0.05) is 48.0 Å². The molecule has 1 aliphatic rings. The molecule has 0 unspecified atom stereocenters. The van der Waals surface area contributed by atoms with Gasteiger partial charge in [0, 0.05) is 61.1 Å². The molecule has 1 fully saturated rings. The third-order valence-electron chi connectivity index (χ3n) is 6.37. The van der Waals surface area contributed by atoms with Crippen LogP contribution in [0.5, 0.6) is 0 Å². The van der Waals surface area contributed by atoms with E-state index < -0.39 is 0 Å². The lowest BCUT2D eigenvalue weighted by Crippen LogP contribution is -2.47. The summed E-state index contributed by atoms with van der Waals surface area (Å²) in [5, 5.41) is 1.01. The average molecular weight is 414 g/mol. The molecule has 158 valence electrons. The standard InChI is InChI=1S/C27H28FN3/c1-20-5-4-6-21(17-20)24-7-2-3-8-27(24)31-15-13-30(14-16-31)12-11-22-19-29-26-10-9-23(28)18-25(22)26/h2-10,17-19,29H,11-16H2,1H3. The van der Waals surface area contributed by atoms with Gasteiger partial charge in [-0.3, -0.25) is 4.90 Å². The topological polar surface area (TPSA) is 22.3 Å². The van der Waals surface area contributed by atoms with Crippen molar-refractivity contribution in [3.05, 3.63) is 89.9 Å². The Kier molecular flexibility index (Phi) is 5.47. The maximum atomic E-state index is 13.6. The fourth-order valence-corrected chi connectivity index (χ4v) is 4.65. The van der Waals surface area contributed by atoms with Gasteiger partial charge in [-0.15, -0.1) is 0 Å². The number of H-pyrrole nitrogens is 1. The van der Waals surface area contributed by atoms with Crippen LogP contribution in [0.3, 0.4) is 0 Å². The van der Waals surface area contributed by atoms with Crippen LogP contribution in [0, 0.1) is 12.7 Å². The number of halogens is 1. The van der Waals surface area contributed by atoms with Gasteiger partial charge in [0.05, 0.1) is 0 Å². The van der Waals surface area contributed by atoms with E-state index in [1.807, 2.05) is 12.3 Å². The molecule has 0 atom stereocenters. The minimum atomic E-state index is -0.172. The van der Waals surface area contributed by atoms with Crippen molar-refractivity contribution in [2.45, 2.75) is 13.3 Å². The molecule has 4 aromatic rings. The number of rotatable bonds is 5. The van der Waals surface area contributed by atoms with E-state index in [4.69, 9.17) is 0 Å². The monoisotopic (exact) mass is 413 g/mol. The summed E-state index contributed by atoms with van der Waals surface area (Å²) in [6, 6.07) is 22.4. The van der Waals surface area contributed by atoms with Gasteiger partial charge in [-0.05, 0) is 48.7 Å². The molecule has 1 aliphatic heterocycles. The van der Waals surface area contributed by atoms with E-state index in [0.29, 0.717) is 0 Å². The molecule has 31 heavy (non-hydrogen) atoms. The maximum Gasteiger partial charge on any atom is 0.123 e. The smallest absolute Gasteiger partial charge is 0.123 e. The van der Waals surface area contributed by atoms with Gasteiger partial charge in [0.2, 0.25) is 0 Å². The first-order chi connectivity index (χ1) is 15.2. The minimum Gasteiger partial charge on any atom is -0.368 e. The summed E-state index contributed by atoms with van der Waals surface area (Å²) >= 11 is 0. The Morgan fingerprint density at radius 2 is 1.74 bits per heavy atom. The van der Waals surface area contributed by atoms with Gasteiger partial charge in [0.15, 0.2) is 0 Å². The first-order valence-corrected chi connectivity index (χ1v) is 11.1. The Hall–Kier alpha value is -3.11. The second-order valence-electron chi connectivity index (χ2n) is 8.47. The summed E-state index contributed by atoms with van der Waals surface area (Å²) in [6.07, 6.45) is 2.96. The average Bonchev–Trinajstić information content (AvgIpc) is 3.20. The quantitative estimate of drug-likeness (QED) is 0.457. The van der Waals surface area contributed by atoms with Crippen molar-refractivity contribution in [1.29, 1.82) is 0 Å². The second-order valence-corrected chi connectivity index (χ2v) is 8.47. The largest absolute Gasteiger partial charge is 0.368 e. The Balaban J connectivity index is 1.24. The molecule has 0 bridgehead atoms. The molecule has 0 amide bonds. The van der Waals surface area contributed by atoms with Crippen LogP contribution in [-0.2, 0) is 6.42 Å². The van der Waals surface area contributed by atoms with Crippen LogP contribution in [0.4, 0.5) is 10.1 Å². The van der Waals surface area contributed by atoms with Gasteiger partial charge in [0.1, 0.15) is 5.82 Å². The zero-order valence-electron chi connectivity index (χ0n) is 17.9. The molecule has 0 spiro atoms. The highest BCUT2D eigenvalue weighted by molar-refractivity contribution is 5.83. The van der Waals surface area contributed by atoms with Crippen molar-refractivity contribution in [1.82, 2.24) is 9.88 Å². The number of aromatic amines is 1. The Bertz CT molecular complexity index is 1190. The molecule has 5 rings (SSSR count). The highest BCUT2D eigenvalue weighted by Gasteiger charge is 2.20. The van der Waals surface area contributed by atoms with Crippen LogP contribution >= 0.6 is 0 Å². The highest BCUT2D eigenvalue weighted by Crippen LogP contribution is 2.32. The van der Waals surface area contributed by atoms with Crippen molar-refractivity contribution in [3.63, 3.8) is 0 Å². The normalized spacial score (nSPS) is 15.0. The third-order valence-corrected chi connectivity index (χ3v) is 6.37. The summed E-state index contributed by atoms with van der Waals surface area (Å²) in [5.41, 5.74) is 7.40. The summed E-state index contributed by atoms with van der Waals surface area (Å²) in [4.78, 5) is 8.29. The molecule has 3 nitrogen and oxygen atoms in total. The van der Waals surface area contributed by atoms with E-state index >= 15 is 0 Å². The van der Waals surface area contributed by atoms with Crippen LogP contribution in [0.1, 0.15) is 11.1 Å². The molecule has 4 heteroatoms. The zero-order valence-corrected chi connectivity index (χ0v) is 17.9. The maximum absolute atomic E-state index is 13.6. The van der Waals surface area contributed by atoms with Crippen LogP contribution in [0.25, 0.3) is 22.0 Å². The highest BCUT2D eigenvalue weighted by atomic mass is 19.1. The predicted molar refractivity (Wildman–Crippen MR) is 127 cm³/mol. The van der Waals surface area contributed by atoms with Crippen molar-refractivity contribution in [3.8, 4) is 11.1 Å². The van der Waals surface area contributed by atoms with E-state index in [9.17, 15) is 4.39 Å². The first kappa shape index (κ1) is 19.8. The molecule has 1 aromatic heterocycles. The fourth-order valence-electron chi connectivity index (χ4n) is 4.65. The lowest BCUT2D eigenvalue weighted by atomic mass is 10.0. The number of nitrogens with one attached hydrogen (secondary N) is 1. The van der Waals surface area contributed by atoms with E-state index in [1.165, 1.54) is 34.0 Å². The number of piperazine rings is 1. The van der Waals surface area contributed by atoms with Crippen molar-refractivity contribution in [2.75, 3.05) is 37.6 Å². The molecule has 1 saturated heterocycles. The molecular weight excluding hydrogens is 385 g/mol. The number of anilines is 1. The number of nitrogens with zero attached hydrogens (tertiary/aromatic N) is 2. The number of aryl methyl sites for hydroxylation is 1. The molecule has 3 aromatic carbocycles. The molecule has 2 heterocycles. The minimum absolute atomic E-state index is 0.172. The second kappa shape index (κ2) is 8.56. The number of fused-ring (bicyclic) bond motifs is 1. The Morgan fingerprint density at radius 3 is 2.58 bits per heavy atom. The summed E-state index contributed by atoms with van der Waals surface area (Å²) < 4.78 is 13.6. The molecule has 1 N–H and O–H groups in total. The summed E-state index contributed by atoms with van der Waals surface area (Å²) in [7, 11) is 0. The van der Waals surface area contributed by atoms with Crippen molar-refractivity contribution < 1.29 is 4.39 Å². The first-order valence-electron chi connectivity index (χ1n) is 11.1.